The fraction of sp³-hybridized carbons (Fsp3) is 0.333. The fourth-order valence-electron chi connectivity index (χ4n) is 4.49. The summed E-state index contributed by atoms with van der Waals surface area (Å²) in [6, 6.07) is 24.7. The maximum atomic E-state index is 13.7. The predicted octanol–water partition coefficient (Wildman–Crippen LogP) is 4.46. The summed E-state index contributed by atoms with van der Waals surface area (Å²) in [5.74, 6) is 0.580. The van der Waals surface area contributed by atoms with Crippen LogP contribution in [0.4, 0.5) is 0 Å². The van der Waals surface area contributed by atoms with E-state index < -0.39 is 0 Å². The molecule has 2 unspecified atom stereocenters. The topological polar surface area (TPSA) is 54.5 Å². The molecular weight excluding hydrogens is 430 g/mol. The van der Waals surface area contributed by atoms with Gasteiger partial charge in [-0.25, -0.2) is 4.98 Å². The molecule has 1 aliphatic heterocycles. The molecule has 4 rings (SSSR count). The van der Waals surface area contributed by atoms with Gasteiger partial charge < -0.3 is 15.0 Å². The maximum absolute atomic E-state index is 13.7. The average Bonchev–Trinajstić information content (AvgIpc) is 3.34. The minimum absolute atomic E-state index is 0.00410. The molecular formula is C27H31N3O2S. The van der Waals surface area contributed by atoms with Crippen molar-refractivity contribution in [3.05, 3.63) is 95.7 Å². The highest BCUT2D eigenvalue weighted by molar-refractivity contribution is 7.99. The van der Waals surface area contributed by atoms with E-state index >= 15 is 0 Å². The molecule has 2 atom stereocenters. The number of rotatable bonds is 9. The van der Waals surface area contributed by atoms with Gasteiger partial charge in [-0.05, 0) is 36.4 Å². The lowest BCUT2D eigenvalue weighted by Crippen LogP contribution is -2.46. The van der Waals surface area contributed by atoms with Gasteiger partial charge in [0.1, 0.15) is 0 Å². The lowest BCUT2D eigenvalue weighted by atomic mass is 9.90. The van der Waals surface area contributed by atoms with Gasteiger partial charge in [-0.3, -0.25) is 4.79 Å². The number of nitrogens with zero attached hydrogens (tertiary/aromatic N) is 2. The molecule has 1 fully saturated rings. The monoisotopic (exact) mass is 461 g/mol. The van der Waals surface area contributed by atoms with E-state index in [0.29, 0.717) is 29.8 Å². The Morgan fingerprint density at radius 2 is 1.76 bits per heavy atom. The van der Waals surface area contributed by atoms with Crippen molar-refractivity contribution < 1.29 is 9.53 Å². The second-order valence-electron chi connectivity index (χ2n) is 8.30. The van der Waals surface area contributed by atoms with E-state index in [-0.39, 0.29) is 17.9 Å². The van der Waals surface area contributed by atoms with Crippen LogP contribution in [-0.2, 0) is 0 Å². The second-order valence-corrected chi connectivity index (χ2v) is 9.37. The second kappa shape index (κ2) is 11.3. The summed E-state index contributed by atoms with van der Waals surface area (Å²) in [5, 5.41) is 4.12. The van der Waals surface area contributed by atoms with E-state index in [1.54, 1.807) is 25.4 Å². The van der Waals surface area contributed by atoms with Gasteiger partial charge in [0.05, 0.1) is 12.7 Å². The summed E-state index contributed by atoms with van der Waals surface area (Å²) in [6.07, 6.45) is 4.89. The largest absolute Gasteiger partial charge is 0.481 e. The zero-order valence-corrected chi connectivity index (χ0v) is 20.0. The van der Waals surface area contributed by atoms with E-state index in [4.69, 9.17) is 4.74 Å². The molecule has 2 aromatic carbocycles. The lowest BCUT2D eigenvalue weighted by molar-refractivity contribution is 0.0736. The van der Waals surface area contributed by atoms with E-state index in [9.17, 15) is 4.79 Å². The number of benzene rings is 2. The minimum Gasteiger partial charge on any atom is -0.481 e. The third-order valence-electron chi connectivity index (χ3n) is 6.29. The first kappa shape index (κ1) is 23.3. The van der Waals surface area contributed by atoms with Crippen LogP contribution in [-0.4, -0.2) is 60.1 Å². The van der Waals surface area contributed by atoms with Gasteiger partial charge in [0.2, 0.25) is 5.88 Å². The van der Waals surface area contributed by atoms with Crippen LogP contribution in [0.5, 0.6) is 5.88 Å². The van der Waals surface area contributed by atoms with Crippen molar-refractivity contribution in [1.82, 2.24) is 15.2 Å². The van der Waals surface area contributed by atoms with Crippen molar-refractivity contribution >= 4 is 17.7 Å². The molecule has 33 heavy (non-hydrogen) atoms. The molecule has 172 valence electrons. The van der Waals surface area contributed by atoms with Gasteiger partial charge in [0.25, 0.3) is 5.91 Å². The molecule has 0 radical (unpaired) electrons. The predicted molar refractivity (Wildman–Crippen MR) is 135 cm³/mol. The Balaban J connectivity index is 1.66. The van der Waals surface area contributed by atoms with Crippen molar-refractivity contribution in [3.63, 3.8) is 0 Å². The molecule has 1 N–H and O–H groups in total. The summed E-state index contributed by atoms with van der Waals surface area (Å²) >= 11 is 1.88. The average molecular weight is 462 g/mol. The molecule has 1 aromatic heterocycles. The van der Waals surface area contributed by atoms with Crippen molar-refractivity contribution in [2.24, 2.45) is 0 Å². The van der Waals surface area contributed by atoms with Crippen molar-refractivity contribution in [2.45, 2.75) is 23.6 Å². The van der Waals surface area contributed by atoms with Gasteiger partial charge in [-0.15, -0.1) is 0 Å². The Kier molecular flexibility index (Phi) is 8.02. The number of methoxy groups -OCH3 is 1. The zero-order valence-electron chi connectivity index (χ0n) is 19.2. The number of thioether (sulfide) groups is 1. The van der Waals surface area contributed by atoms with Crippen LogP contribution in [0.15, 0.2) is 79.0 Å². The molecule has 1 saturated heterocycles. The smallest absolute Gasteiger partial charge is 0.255 e. The molecule has 3 aromatic rings. The Bertz CT molecular complexity index is 975. The van der Waals surface area contributed by atoms with E-state index in [2.05, 4.69) is 65.1 Å². The third kappa shape index (κ3) is 5.75. The van der Waals surface area contributed by atoms with Crippen molar-refractivity contribution in [3.8, 4) is 5.88 Å². The maximum Gasteiger partial charge on any atom is 0.255 e. The third-order valence-corrected chi connectivity index (χ3v) is 7.46. The highest BCUT2D eigenvalue weighted by Gasteiger charge is 2.31. The lowest BCUT2D eigenvalue weighted by Gasteiger charge is -2.32. The first-order chi connectivity index (χ1) is 16.2. The first-order valence-corrected chi connectivity index (χ1v) is 12.6. The summed E-state index contributed by atoms with van der Waals surface area (Å²) in [5.41, 5.74) is 2.99. The van der Waals surface area contributed by atoms with Gasteiger partial charge in [0, 0.05) is 42.6 Å². The van der Waals surface area contributed by atoms with Crippen molar-refractivity contribution in [2.75, 3.05) is 33.0 Å². The molecule has 0 spiro atoms. The summed E-state index contributed by atoms with van der Waals surface area (Å²) in [7, 11) is 1.58. The quantitative estimate of drug-likeness (QED) is 0.510. The molecule has 1 amide bonds. The standard InChI is InChI=1S/C27H31N3O2S/c1-32-26-14-13-22(17-29-26)27(31)30(19-24-25(33-2)15-16-28-24)18-23(20-9-5-3-6-10-20)21-11-7-4-8-12-21/h3-14,17,23-25,28H,15-16,18-19H2,1-2H3. The highest BCUT2D eigenvalue weighted by Crippen LogP contribution is 2.28. The van der Waals surface area contributed by atoms with E-state index in [1.807, 2.05) is 28.8 Å². The fourth-order valence-corrected chi connectivity index (χ4v) is 5.35. The molecule has 2 heterocycles. The van der Waals surface area contributed by atoms with E-state index in [0.717, 1.165) is 13.0 Å². The number of hydrogen-bond acceptors (Lipinski definition) is 5. The number of hydrogen-bond donors (Lipinski definition) is 1. The molecule has 5 nitrogen and oxygen atoms in total. The Hall–Kier alpha value is -2.83. The molecule has 0 saturated carbocycles. The van der Waals surface area contributed by atoms with Crippen LogP contribution in [0.3, 0.4) is 0 Å². The van der Waals surface area contributed by atoms with Crippen LogP contribution < -0.4 is 10.1 Å². The number of nitrogens with one attached hydrogen (secondary N) is 1. The van der Waals surface area contributed by atoms with Crippen LogP contribution in [0.1, 0.15) is 33.8 Å². The SMILES string of the molecule is COc1ccc(C(=O)N(CC(c2ccccc2)c2ccccc2)CC2NCCC2SC)cn1. The molecule has 0 aliphatic carbocycles. The van der Waals surface area contributed by atoms with Gasteiger partial charge in [0.15, 0.2) is 0 Å². The van der Waals surface area contributed by atoms with Gasteiger partial charge >= 0.3 is 0 Å². The summed E-state index contributed by atoms with van der Waals surface area (Å²) in [6.45, 7) is 2.24. The summed E-state index contributed by atoms with van der Waals surface area (Å²) < 4.78 is 5.18. The normalized spacial score (nSPS) is 17.8. The van der Waals surface area contributed by atoms with Crippen LogP contribution in [0, 0.1) is 0 Å². The summed E-state index contributed by atoms with van der Waals surface area (Å²) in [4.78, 5) is 20.0. The van der Waals surface area contributed by atoms with Crippen LogP contribution in [0.25, 0.3) is 0 Å². The number of aromatic nitrogens is 1. The number of amides is 1. The number of ether oxygens (including phenoxy) is 1. The minimum atomic E-state index is -0.00410. The Morgan fingerprint density at radius 3 is 2.30 bits per heavy atom. The zero-order chi connectivity index (χ0) is 23.0. The Morgan fingerprint density at radius 1 is 1.09 bits per heavy atom. The highest BCUT2D eigenvalue weighted by atomic mass is 32.2. The molecule has 0 bridgehead atoms. The van der Waals surface area contributed by atoms with Crippen LogP contribution >= 0.6 is 11.8 Å². The molecule has 6 heteroatoms. The van der Waals surface area contributed by atoms with E-state index in [1.165, 1.54) is 11.1 Å². The Labute approximate surface area is 200 Å². The number of carbonyl (C=O) groups excluding carboxylic acids is 1. The van der Waals surface area contributed by atoms with Gasteiger partial charge in [-0.2, -0.15) is 11.8 Å². The van der Waals surface area contributed by atoms with Crippen LogP contribution in [0.2, 0.25) is 0 Å². The number of carbonyl (C=O) groups is 1. The number of pyridine rings is 1. The van der Waals surface area contributed by atoms with Crippen molar-refractivity contribution in [1.29, 1.82) is 0 Å². The molecule has 1 aliphatic rings. The first-order valence-electron chi connectivity index (χ1n) is 11.3. The van der Waals surface area contributed by atoms with Gasteiger partial charge in [-0.1, -0.05) is 60.7 Å².